The maximum absolute atomic E-state index is 6.03. The van der Waals surface area contributed by atoms with Gasteiger partial charge in [0.1, 0.15) is 0 Å². The van der Waals surface area contributed by atoms with E-state index in [0.717, 1.165) is 21.1 Å². The Hall–Kier alpha value is -0.550. The maximum Gasteiger partial charge on any atom is 0.0549 e. The monoisotopic (exact) mass is 430 g/mol. The van der Waals surface area contributed by atoms with Gasteiger partial charge in [-0.05, 0) is 65.2 Å². The second kappa shape index (κ2) is 7.14. The van der Waals surface area contributed by atoms with Gasteiger partial charge < -0.3 is 11.1 Å². The molecule has 1 unspecified atom stereocenters. The van der Waals surface area contributed by atoms with Gasteiger partial charge >= 0.3 is 0 Å². The summed E-state index contributed by atoms with van der Waals surface area (Å²) in [5.74, 6) is 0. The van der Waals surface area contributed by atoms with Crippen molar-refractivity contribution in [3.63, 3.8) is 0 Å². The molecule has 1 atom stereocenters. The highest BCUT2D eigenvalue weighted by Crippen LogP contribution is 2.28. The minimum atomic E-state index is -0.221. The van der Waals surface area contributed by atoms with Crippen molar-refractivity contribution in [1.82, 2.24) is 0 Å². The highest BCUT2D eigenvalue weighted by molar-refractivity contribution is 9.10. The summed E-state index contributed by atoms with van der Waals surface area (Å²) < 4.78 is 1.95. The Bertz CT molecular complexity index is 616. The summed E-state index contributed by atoms with van der Waals surface area (Å²) in [6.45, 7) is 2.65. The van der Waals surface area contributed by atoms with Gasteiger partial charge in [-0.2, -0.15) is 0 Å². The van der Waals surface area contributed by atoms with Crippen LogP contribution in [0, 0.1) is 0 Å². The summed E-state index contributed by atoms with van der Waals surface area (Å²) >= 11 is 12.9. The Balaban J connectivity index is 2.16. The Morgan fingerprint density at radius 2 is 1.81 bits per heavy atom. The molecule has 0 aromatic heterocycles. The molecule has 0 aliphatic heterocycles. The summed E-state index contributed by atoms with van der Waals surface area (Å²) in [7, 11) is 0. The number of hydrogen-bond donors (Lipinski definition) is 2. The first-order chi connectivity index (χ1) is 9.92. The summed E-state index contributed by atoms with van der Waals surface area (Å²) in [4.78, 5) is 0. The van der Waals surface area contributed by atoms with E-state index >= 15 is 0 Å². The molecule has 0 heterocycles. The SMILES string of the molecule is CC(CN)(Cc1ccc(Br)cc1)Nc1ccc(Cl)c(Br)c1. The van der Waals surface area contributed by atoms with E-state index in [-0.39, 0.29) is 5.54 Å². The zero-order chi connectivity index (χ0) is 15.5. The second-order valence-corrected chi connectivity index (χ2v) is 7.50. The van der Waals surface area contributed by atoms with Crippen molar-refractivity contribution in [1.29, 1.82) is 0 Å². The molecule has 0 fully saturated rings. The molecule has 0 amide bonds. The third-order valence-electron chi connectivity index (χ3n) is 3.32. The molecule has 0 bridgehead atoms. The van der Waals surface area contributed by atoms with Crippen LogP contribution >= 0.6 is 43.5 Å². The lowest BCUT2D eigenvalue weighted by Gasteiger charge is -2.31. The van der Waals surface area contributed by atoms with Gasteiger partial charge in [0.15, 0.2) is 0 Å². The highest BCUT2D eigenvalue weighted by atomic mass is 79.9. The lowest BCUT2D eigenvalue weighted by molar-refractivity contribution is 0.521. The van der Waals surface area contributed by atoms with Gasteiger partial charge in [0.2, 0.25) is 0 Å². The number of halogens is 3. The normalized spacial score (nSPS) is 13.8. The van der Waals surface area contributed by atoms with E-state index < -0.39 is 0 Å². The molecule has 0 saturated carbocycles. The van der Waals surface area contributed by atoms with E-state index in [1.165, 1.54) is 5.56 Å². The third-order valence-corrected chi connectivity index (χ3v) is 5.07. The van der Waals surface area contributed by atoms with E-state index in [0.29, 0.717) is 11.6 Å². The summed E-state index contributed by atoms with van der Waals surface area (Å²) in [6.07, 6.45) is 0.844. The molecule has 2 aromatic rings. The molecule has 2 nitrogen and oxygen atoms in total. The quantitative estimate of drug-likeness (QED) is 0.678. The largest absolute Gasteiger partial charge is 0.378 e. The van der Waals surface area contributed by atoms with Crippen LogP contribution in [0.4, 0.5) is 5.69 Å². The van der Waals surface area contributed by atoms with Crippen LogP contribution in [0.2, 0.25) is 5.02 Å². The number of benzene rings is 2. The van der Waals surface area contributed by atoms with Gasteiger partial charge in [-0.1, -0.05) is 39.7 Å². The van der Waals surface area contributed by atoms with Crippen LogP contribution in [0.5, 0.6) is 0 Å². The van der Waals surface area contributed by atoms with E-state index in [1.54, 1.807) is 0 Å². The molecule has 21 heavy (non-hydrogen) atoms. The van der Waals surface area contributed by atoms with Crippen LogP contribution in [0.1, 0.15) is 12.5 Å². The van der Waals surface area contributed by atoms with Crippen LogP contribution in [0.25, 0.3) is 0 Å². The average molecular weight is 433 g/mol. The number of nitrogens with one attached hydrogen (secondary N) is 1. The Labute approximate surface area is 147 Å². The van der Waals surface area contributed by atoms with Gasteiger partial charge in [-0.25, -0.2) is 0 Å². The van der Waals surface area contributed by atoms with Crippen molar-refractivity contribution in [2.24, 2.45) is 5.73 Å². The molecule has 3 N–H and O–H groups in total. The van der Waals surface area contributed by atoms with Crippen molar-refractivity contribution in [3.05, 3.63) is 62.0 Å². The van der Waals surface area contributed by atoms with Gasteiger partial charge in [0.25, 0.3) is 0 Å². The Morgan fingerprint density at radius 3 is 2.38 bits per heavy atom. The first kappa shape index (κ1) is 16.8. The summed E-state index contributed by atoms with van der Waals surface area (Å²) in [6, 6.07) is 14.1. The van der Waals surface area contributed by atoms with Gasteiger partial charge in [0.05, 0.1) is 10.6 Å². The van der Waals surface area contributed by atoms with Gasteiger partial charge in [-0.3, -0.25) is 0 Å². The average Bonchev–Trinajstić information content (AvgIpc) is 2.45. The zero-order valence-electron chi connectivity index (χ0n) is 11.7. The minimum Gasteiger partial charge on any atom is -0.378 e. The van der Waals surface area contributed by atoms with E-state index in [2.05, 4.69) is 56.2 Å². The molecule has 0 aliphatic rings. The van der Waals surface area contributed by atoms with Crippen molar-refractivity contribution in [2.45, 2.75) is 18.9 Å². The van der Waals surface area contributed by atoms with Crippen LogP contribution in [-0.2, 0) is 6.42 Å². The predicted octanol–water partition coefficient (Wildman–Crippen LogP) is 5.24. The second-order valence-electron chi connectivity index (χ2n) is 5.32. The van der Waals surface area contributed by atoms with Crippen LogP contribution in [-0.4, -0.2) is 12.1 Å². The fraction of sp³-hybridized carbons (Fsp3) is 0.250. The van der Waals surface area contributed by atoms with E-state index in [4.69, 9.17) is 17.3 Å². The number of hydrogen-bond acceptors (Lipinski definition) is 2. The smallest absolute Gasteiger partial charge is 0.0549 e. The number of nitrogens with two attached hydrogens (primary N) is 1. The van der Waals surface area contributed by atoms with Crippen LogP contribution in [0.3, 0.4) is 0 Å². The molecular weight excluding hydrogens is 415 g/mol. The van der Waals surface area contributed by atoms with Gasteiger partial charge in [0, 0.05) is 21.2 Å². The molecule has 112 valence electrons. The standard InChI is InChI=1S/C16H17Br2ClN2/c1-16(10-20,9-11-2-4-12(17)5-3-11)21-13-6-7-15(19)14(18)8-13/h2-8,21H,9-10,20H2,1H3. The number of anilines is 1. The molecule has 0 radical (unpaired) electrons. The Morgan fingerprint density at radius 1 is 1.14 bits per heavy atom. The first-order valence-corrected chi connectivity index (χ1v) is 8.56. The molecule has 0 saturated heterocycles. The van der Waals surface area contributed by atoms with E-state index in [9.17, 15) is 0 Å². The molecule has 0 aliphatic carbocycles. The van der Waals surface area contributed by atoms with Crippen LogP contribution in [0.15, 0.2) is 51.4 Å². The third kappa shape index (κ3) is 4.71. The summed E-state index contributed by atoms with van der Waals surface area (Å²) in [5.41, 5.74) is 8.01. The molecule has 2 aromatic carbocycles. The fourth-order valence-electron chi connectivity index (χ4n) is 2.14. The zero-order valence-corrected chi connectivity index (χ0v) is 15.6. The van der Waals surface area contributed by atoms with Crippen molar-refractivity contribution in [3.8, 4) is 0 Å². The van der Waals surface area contributed by atoms with E-state index in [1.807, 2.05) is 30.3 Å². The molecule has 2 rings (SSSR count). The Kier molecular flexibility index (Phi) is 5.72. The van der Waals surface area contributed by atoms with Crippen molar-refractivity contribution in [2.75, 3.05) is 11.9 Å². The van der Waals surface area contributed by atoms with Crippen molar-refractivity contribution >= 4 is 49.1 Å². The lowest BCUT2D eigenvalue weighted by atomic mass is 9.92. The molecular formula is C16H17Br2ClN2. The minimum absolute atomic E-state index is 0.221. The number of rotatable bonds is 5. The fourth-order valence-corrected chi connectivity index (χ4v) is 2.90. The first-order valence-electron chi connectivity index (χ1n) is 6.60. The van der Waals surface area contributed by atoms with Crippen molar-refractivity contribution < 1.29 is 0 Å². The molecule has 5 heteroatoms. The topological polar surface area (TPSA) is 38.0 Å². The van der Waals surface area contributed by atoms with Gasteiger partial charge in [-0.15, -0.1) is 0 Å². The lowest BCUT2D eigenvalue weighted by Crippen LogP contribution is -2.44. The molecule has 0 spiro atoms. The highest BCUT2D eigenvalue weighted by Gasteiger charge is 2.23. The van der Waals surface area contributed by atoms with Crippen LogP contribution < -0.4 is 11.1 Å². The summed E-state index contributed by atoms with van der Waals surface area (Å²) in [5, 5.41) is 4.21. The predicted molar refractivity (Wildman–Crippen MR) is 98.1 cm³/mol. The maximum atomic E-state index is 6.03.